The van der Waals surface area contributed by atoms with Crippen molar-refractivity contribution in [3.05, 3.63) is 22.8 Å². The van der Waals surface area contributed by atoms with Crippen LogP contribution in [0.2, 0.25) is 5.02 Å². The molecule has 1 aromatic heterocycles. The lowest BCUT2D eigenvalue weighted by molar-refractivity contribution is 0.0655. The molecule has 110 valence electrons. The highest BCUT2D eigenvalue weighted by molar-refractivity contribution is 6.30. The second-order valence-corrected chi connectivity index (χ2v) is 5.60. The zero-order valence-electron chi connectivity index (χ0n) is 12.1. The lowest BCUT2D eigenvalue weighted by Gasteiger charge is -2.35. The third-order valence-electron chi connectivity index (χ3n) is 3.80. The van der Waals surface area contributed by atoms with Gasteiger partial charge in [0.25, 0.3) is 5.91 Å². The number of carbonyl (C=O) groups excluding carboxylic acids is 1. The Labute approximate surface area is 124 Å². The molecular weight excluding hydrogens is 278 g/mol. The molecule has 0 saturated carbocycles. The number of hydrogen-bond donors (Lipinski definition) is 0. The van der Waals surface area contributed by atoms with E-state index in [-0.39, 0.29) is 11.9 Å². The van der Waals surface area contributed by atoms with Crippen molar-refractivity contribution in [1.29, 1.82) is 0 Å². The van der Waals surface area contributed by atoms with Gasteiger partial charge in [-0.15, -0.1) is 0 Å². The number of piperidine rings is 1. The maximum atomic E-state index is 12.6. The number of carbonyl (C=O) groups is 1. The molecular formula is C14H20ClN3O2. The van der Waals surface area contributed by atoms with E-state index in [4.69, 9.17) is 16.3 Å². The second kappa shape index (κ2) is 6.41. The molecule has 1 aromatic rings. The Morgan fingerprint density at radius 2 is 2.15 bits per heavy atom. The Morgan fingerprint density at radius 3 is 2.75 bits per heavy atom. The highest BCUT2D eigenvalue weighted by Gasteiger charge is 2.26. The zero-order valence-corrected chi connectivity index (χ0v) is 12.9. The van der Waals surface area contributed by atoms with Crippen LogP contribution >= 0.6 is 11.6 Å². The standard InChI is InChI=1S/C14H20ClN3O2/c1-17-6-4-11(5-7-17)18(2)14(19)12-8-10(15)9-16-13(12)20-3/h8-9,11H,4-7H2,1-3H3. The second-order valence-electron chi connectivity index (χ2n) is 5.16. The predicted octanol–water partition coefficient (Wildman–Crippen LogP) is 1.91. The van der Waals surface area contributed by atoms with E-state index in [0.29, 0.717) is 16.5 Å². The van der Waals surface area contributed by atoms with Gasteiger partial charge in [-0.1, -0.05) is 11.6 Å². The van der Waals surface area contributed by atoms with Crippen molar-refractivity contribution in [3.8, 4) is 5.88 Å². The molecule has 5 nitrogen and oxygen atoms in total. The topological polar surface area (TPSA) is 45.7 Å². The van der Waals surface area contributed by atoms with Crippen LogP contribution in [-0.4, -0.2) is 61.0 Å². The third kappa shape index (κ3) is 3.22. The van der Waals surface area contributed by atoms with Crippen LogP contribution in [0.3, 0.4) is 0 Å². The highest BCUT2D eigenvalue weighted by Crippen LogP contribution is 2.23. The van der Waals surface area contributed by atoms with Gasteiger partial charge in [-0.25, -0.2) is 4.98 Å². The predicted molar refractivity (Wildman–Crippen MR) is 78.4 cm³/mol. The van der Waals surface area contributed by atoms with Crippen LogP contribution in [0.1, 0.15) is 23.2 Å². The molecule has 1 fully saturated rings. The number of amides is 1. The van der Waals surface area contributed by atoms with Gasteiger partial charge in [0.15, 0.2) is 0 Å². The van der Waals surface area contributed by atoms with Gasteiger partial charge < -0.3 is 14.5 Å². The number of halogens is 1. The molecule has 0 N–H and O–H groups in total. The fourth-order valence-corrected chi connectivity index (χ4v) is 2.64. The molecule has 0 radical (unpaired) electrons. The van der Waals surface area contributed by atoms with Gasteiger partial charge in [-0.05, 0) is 39.0 Å². The highest BCUT2D eigenvalue weighted by atomic mass is 35.5. The molecule has 0 bridgehead atoms. The number of hydrogen-bond acceptors (Lipinski definition) is 4. The van der Waals surface area contributed by atoms with Gasteiger partial charge in [-0.3, -0.25) is 4.79 Å². The van der Waals surface area contributed by atoms with Crippen molar-refractivity contribution >= 4 is 17.5 Å². The van der Waals surface area contributed by atoms with Crippen LogP contribution < -0.4 is 4.74 Å². The monoisotopic (exact) mass is 297 g/mol. The number of nitrogens with zero attached hydrogens (tertiary/aromatic N) is 3. The van der Waals surface area contributed by atoms with Gasteiger partial charge in [0.05, 0.1) is 12.1 Å². The Kier molecular flexibility index (Phi) is 4.83. The van der Waals surface area contributed by atoms with Crippen molar-refractivity contribution < 1.29 is 9.53 Å². The summed E-state index contributed by atoms with van der Waals surface area (Å²) in [6, 6.07) is 1.86. The SMILES string of the molecule is COc1ncc(Cl)cc1C(=O)N(C)C1CCN(C)CC1. The minimum Gasteiger partial charge on any atom is -0.480 e. The average molecular weight is 298 g/mol. The molecule has 20 heavy (non-hydrogen) atoms. The van der Waals surface area contributed by atoms with Crippen molar-refractivity contribution in [2.24, 2.45) is 0 Å². The third-order valence-corrected chi connectivity index (χ3v) is 4.00. The van der Waals surface area contributed by atoms with E-state index in [1.807, 2.05) is 7.05 Å². The molecule has 6 heteroatoms. The van der Waals surface area contributed by atoms with E-state index in [1.54, 1.807) is 11.0 Å². The smallest absolute Gasteiger partial charge is 0.259 e. The fourth-order valence-electron chi connectivity index (χ4n) is 2.48. The van der Waals surface area contributed by atoms with Crippen molar-refractivity contribution in [2.45, 2.75) is 18.9 Å². The average Bonchev–Trinajstić information content (AvgIpc) is 2.46. The van der Waals surface area contributed by atoms with Gasteiger partial charge in [0, 0.05) is 19.3 Å². The van der Waals surface area contributed by atoms with Crippen LogP contribution in [0.25, 0.3) is 0 Å². The number of pyridine rings is 1. The molecule has 1 aliphatic heterocycles. The van der Waals surface area contributed by atoms with Crippen LogP contribution in [0.15, 0.2) is 12.3 Å². The summed E-state index contributed by atoms with van der Waals surface area (Å²) >= 11 is 5.93. The fraction of sp³-hybridized carbons (Fsp3) is 0.571. The quantitative estimate of drug-likeness (QED) is 0.855. The lowest BCUT2D eigenvalue weighted by Crippen LogP contribution is -2.44. The molecule has 1 saturated heterocycles. The Balaban J connectivity index is 2.16. The zero-order chi connectivity index (χ0) is 14.7. The molecule has 2 rings (SSSR count). The Bertz CT molecular complexity index is 487. The van der Waals surface area contributed by atoms with Gasteiger partial charge in [0.2, 0.25) is 5.88 Å². The molecule has 0 aliphatic carbocycles. The summed E-state index contributed by atoms with van der Waals surface area (Å²) in [6.45, 7) is 2.01. The summed E-state index contributed by atoms with van der Waals surface area (Å²) in [5, 5.41) is 0.436. The maximum Gasteiger partial charge on any atom is 0.259 e. The van der Waals surface area contributed by atoms with Crippen molar-refractivity contribution in [1.82, 2.24) is 14.8 Å². The number of aromatic nitrogens is 1. The van der Waals surface area contributed by atoms with Crippen molar-refractivity contribution in [2.75, 3.05) is 34.3 Å². The van der Waals surface area contributed by atoms with Gasteiger partial charge >= 0.3 is 0 Å². The summed E-state index contributed by atoms with van der Waals surface area (Å²) in [5.74, 6) is 0.227. The van der Waals surface area contributed by atoms with E-state index < -0.39 is 0 Å². The molecule has 0 unspecified atom stereocenters. The lowest BCUT2D eigenvalue weighted by atomic mass is 10.0. The molecule has 0 aromatic carbocycles. The first kappa shape index (κ1) is 15.1. The first-order chi connectivity index (χ1) is 9.52. The Hall–Kier alpha value is -1.33. The summed E-state index contributed by atoms with van der Waals surface area (Å²) in [5.41, 5.74) is 0.418. The largest absolute Gasteiger partial charge is 0.480 e. The normalized spacial score (nSPS) is 17.0. The van der Waals surface area contributed by atoms with Crippen LogP contribution in [0.4, 0.5) is 0 Å². The number of ether oxygens (including phenoxy) is 1. The summed E-state index contributed by atoms with van der Waals surface area (Å²) < 4.78 is 5.15. The first-order valence-electron chi connectivity index (χ1n) is 6.68. The first-order valence-corrected chi connectivity index (χ1v) is 7.06. The summed E-state index contributed by atoms with van der Waals surface area (Å²) in [7, 11) is 5.43. The van der Waals surface area contributed by atoms with E-state index in [2.05, 4.69) is 16.9 Å². The summed E-state index contributed by atoms with van der Waals surface area (Å²) in [6.07, 6.45) is 3.44. The minimum atomic E-state index is -0.0913. The van der Waals surface area contributed by atoms with Gasteiger partial charge in [0.1, 0.15) is 5.56 Å². The van der Waals surface area contributed by atoms with Gasteiger partial charge in [-0.2, -0.15) is 0 Å². The number of likely N-dealkylation sites (tertiary alicyclic amines) is 1. The van der Waals surface area contributed by atoms with Crippen LogP contribution in [0, 0.1) is 0 Å². The van der Waals surface area contributed by atoms with Crippen LogP contribution in [-0.2, 0) is 0 Å². The Morgan fingerprint density at radius 1 is 1.50 bits per heavy atom. The van der Waals surface area contributed by atoms with E-state index >= 15 is 0 Å². The van der Waals surface area contributed by atoms with Crippen molar-refractivity contribution in [3.63, 3.8) is 0 Å². The van der Waals surface area contributed by atoms with E-state index in [0.717, 1.165) is 25.9 Å². The molecule has 0 spiro atoms. The molecule has 2 heterocycles. The maximum absolute atomic E-state index is 12.6. The molecule has 1 aliphatic rings. The molecule has 1 amide bonds. The number of methoxy groups -OCH3 is 1. The summed E-state index contributed by atoms with van der Waals surface area (Å²) in [4.78, 5) is 20.7. The van der Waals surface area contributed by atoms with E-state index in [9.17, 15) is 4.79 Å². The minimum absolute atomic E-state index is 0.0913. The van der Waals surface area contributed by atoms with E-state index in [1.165, 1.54) is 13.3 Å². The number of rotatable bonds is 3. The molecule has 0 atom stereocenters. The van der Waals surface area contributed by atoms with Crippen LogP contribution in [0.5, 0.6) is 5.88 Å².